The Morgan fingerprint density at radius 2 is 1.75 bits per heavy atom. The van der Waals surface area contributed by atoms with Gasteiger partial charge in [-0.2, -0.15) is 13.2 Å². The topological polar surface area (TPSA) is 78.3 Å². The molecule has 0 saturated carbocycles. The summed E-state index contributed by atoms with van der Waals surface area (Å²) in [5.41, 5.74) is 1.06. The first-order valence-electron chi connectivity index (χ1n) is 8.62. The highest BCUT2D eigenvalue weighted by Gasteiger charge is 2.31. The molecule has 1 aliphatic heterocycles. The number of alkyl halides is 3. The number of halogens is 3. The van der Waals surface area contributed by atoms with Gasteiger partial charge in [0.15, 0.2) is 0 Å². The number of imidazole rings is 1. The summed E-state index contributed by atoms with van der Waals surface area (Å²) in [6, 6.07) is 9.74. The number of nitrogens with zero attached hydrogens (tertiary/aromatic N) is 4. The van der Waals surface area contributed by atoms with E-state index in [4.69, 9.17) is 0 Å². The maximum Gasteiger partial charge on any atom is 0.416 e. The molecule has 0 amide bonds. The lowest BCUT2D eigenvalue weighted by Crippen LogP contribution is -2.47. The zero-order valence-corrected chi connectivity index (χ0v) is 14.6. The summed E-state index contributed by atoms with van der Waals surface area (Å²) >= 11 is 0. The Bertz CT molecular complexity index is 1030. The zero-order valence-electron chi connectivity index (χ0n) is 14.6. The standard InChI is InChI=1S/C18H16F3N5O2/c19-18(20,21)12-2-1-3-13(10-12)24-6-8-25(9-7-24)17-22-15-5-4-14(26(27)28)11-16(15)23-17/h1-5,10-11H,6-9H2,(H,22,23). The van der Waals surface area contributed by atoms with Gasteiger partial charge < -0.3 is 14.8 Å². The second kappa shape index (κ2) is 6.70. The van der Waals surface area contributed by atoms with E-state index in [0.29, 0.717) is 48.8 Å². The third-order valence-electron chi connectivity index (χ3n) is 4.78. The molecular weight excluding hydrogens is 375 g/mol. The van der Waals surface area contributed by atoms with Gasteiger partial charge in [0.1, 0.15) is 0 Å². The first-order valence-corrected chi connectivity index (χ1v) is 8.62. The van der Waals surface area contributed by atoms with Crippen LogP contribution >= 0.6 is 0 Å². The Labute approximate surface area is 157 Å². The van der Waals surface area contributed by atoms with Gasteiger partial charge in [-0.3, -0.25) is 10.1 Å². The summed E-state index contributed by atoms with van der Waals surface area (Å²) in [6.45, 7) is 2.22. The summed E-state index contributed by atoms with van der Waals surface area (Å²) in [5, 5.41) is 10.9. The highest BCUT2D eigenvalue weighted by atomic mass is 19.4. The van der Waals surface area contributed by atoms with E-state index in [0.717, 1.165) is 12.1 Å². The minimum Gasteiger partial charge on any atom is -0.368 e. The van der Waals surface area contributed by atoms with Gasteiger partial charge in [-0.15, -0.1) is 0 Å². The van der Waals surface area contributed by atoms with Crippen LogP contribution in [0.2, 0.25) is 0 Å². The fraction of sp³-hybridized carbons (Fsp3) is 0.278. The van der Waals surface area contributed by atoms with Crippen molar-refractivity contribution in [3.8, 4) is 0 Å². The predicted molar refractivity (Wildman–Crippen MR) is 98.6 cm³/mol. The lowest BCUT2D eigenvalue weighted by atomic mass is 10.1. The highest BCUT2D eigenvalue weighted by Crippen LogP contribution is 2.32. The molecule has 0 bridgehead atoms. The molecule has 1 aliphatic rings. The molecule has 0 atom stereocenters. The average molecular weight is 391 g/mol. The fourth-order valence-electron chi connectivity index (χ4n) is 3.30. The van der Waals surface area contributed by atoms with Crippen LogP contribution in [-0.4, -0.2) is 41.1 Å². The van der Waals surface area contributed by atoms with E-state index in [-0.39, 0.29) is 5.69 Å². The van der Waals surface area contributed by atoms with E-state index in [1.807, 2.05) is 9.80 Å². The van der Waals surface area contributed by atoms with Crippen molar-refractivity contribution < 1.29 is 18.1 Å². The largest absolute Gasteiger partial charge is 0.416 e. The number of hydrogen-bond acceptors (Lipinski definition) is 5. The highest BCUT2D eigenvalue weighted by molar-refractivity contribution is 5.80. The second-order valence-electron chi connectivity index (χ2n) is 6.54. The van der Waals surface area contributed by atoms with Crippen LogP contribution in [0.25, 0.3) is 11.0 Å². The fourth-order valence-corrected chi connectivity index (χ4v) is 3.30. The summed E-state index contributed by atoms with van der Waals surface area (Å²) in [4.78, 5) is 21.9. The Morgan fingerprint density at radius 1 is 1.04 bits per heavy atom. The summed E-state index contributed by atoms with van der Waals surface area (Å²) < 4.78 is 38.8. The SMILES string of the molecule is O=[N+]([O-])c1ccc2nc(N3CCN(c4cccc(C(F)(F)F)c4)CC3)[nH]c2c1. The number of benzene rings is 2. The van der Waals surface area contributed by atoms with Crippen LogP contribution in [0.15, 0.2) is 42.5 Å². The van der Waals surface area contributed by atoms with Gasteiger partial charge in [0, 0.05) is 44.0 Å². The average Bonchev–Trinajstić information content (AvgIpc) is 3.11. The molecule has 0 spiro atoms. The number of hydrogen-bond donors (Lipinski definition) is 1. The van der Waals surface area contributed by atoms with Crippen LogP contribution in [0.3, 0.4) is 0 Å². The van der Waals surface area contributed by atoms with Crippen LogP contribution in [-0.2, 0) is 6.18 Å². The Morgan fingerprint density at radius 3 is 2.43 bits per heavy atom. The number of nitro benzene ring substituents is 1. The number of aromatic amines is 1. The minimum atomic E-state index is -4.37. The lowest BCUT2D eigenvalue weighted by Gasteiger charge is -2.36. The van der Waals surface area contributed by atoms with Crippen molar-refractivity contribution in [3.05, 3.63) is 58.1 Å². The van der Waals surface area contributed by atoms with E-state index in [2.05, 4.69) is 9.97 Å². The van der Waals surface area contributed by atoms with Crippen molar-refractivity contribution in [1.29, 1.82) is 0 Å². The van der Waals surface area contributed by atoms with Gasteiger partial charge in [-0.25, -0.2) is 4.98 Å². The number of rotatable bonds is 3. The van der Waals surface area contributed by atoms with Crippen molar-refractivity contribution >= 4 is 28.4 Å². The van der Waals surface area contributed by atoms with Crippen LogP contribution in [0.5, 0.6) is 0 Å². The third kappa shape index (κ3) is 3.45. The van der Waals surface area contributed by atoms with E-state index < -0.39 is 16.7 Å². The number of aromatic nitrogens is 2. The van der Waals surface area contributed by atoms with E-state index in [9.17, 15) is 23.3 Å². The number of nitrogens with one attached hydrogen (secondary N) is 1. The molecule has 4 rings (SSSR count). The molecule has 0 radical (unpaired) electrons. The molecule has 10 heteroatoms. The normalized spacial score (nSPS) is 15.2. The molecule has 2 aromatic carbocycles. The Hall–Kier alpha value is -3.30. The zero-order chi connectivity index (χ0) is 19.9. The van der Waals surface area contributed by atoms with Gasteiger partial charge in [-0.05, 0) is 24.3 Å². The molecule has 1 N–H and O–H groups in total. The molecule has 1 aromatic heterocycles. The van der Waals surface area contributed by atoms with Crippen molar-refractivity contribution in [1.82, 2.24) is 9.97 Å². The summed E-state index contributed by atoms with van der Waals surface area (Å²) in [6.07, 6.45) is -4.37. The van der Waals surface area contributed by atoms with E-state index in [1.54, 1.807) is 12.1 Å². The van der Waals surface area contributed by atoms with Gasteiger partial charge in [0.2, 0.25) is 5.95 Å². The molecule has 2 heterocycles. The Kier molecular flexibility index (Phi) is 4.33. The first kappa shape index (κ1) is 18.1. The molecule has 7 nitrogen and oxygen atoms in total. The number of nitro groups is 1. The van der Waals surface area contributed by atoms with E-state index >= 15 is 0 Å². The summed E-state index contributed by atoms with van der Waals surface area (Å²) in [5.74, 6) is 0.596. The second-order valence-corrected chi connectivity index (χ2v) is 6.54. The van der Waals surface area contributed by atoms with Crippen molar-refractivity contribution in [2.45, 2.75) is 6.18 Å². The van der Waals surface area contributed by atoms with Gasteiger partial charge in [0.25, 0.3) is 5.69 Å². The number of H-pyrrole nitrogens is 1. The molecule has 1 saturated heterocycles. The van der Waals surface area contributed by atoms with Gasteiger partial charge in [0.05, 0.1) is 21.5 Å². The lowest BCUT2D eigenvalue weighted by molar-refractivity contribution is -0.384. The summed E-state index contributed by atoms with van der Waals surface area (Å²) in [7, 11) is 0. The van der Waals surface area contributed by atoms with E-state index in [1.165, 1.54) is 18.2 Å². The molecule has 3 aromatic rings. The molecule has 28 heavy (non-hydrogen) atoms. The van der Waals surface area contributed by atoms with Crippen molar-refractivity contribution in [2.24, 2.45) is 0 Å². The number of piperazine rings is 1. The monoisotopic (exact) mass is 391 g/mol. The molecule has 146 valence electrons. The minimum absolute atomic E-state index is 0.0166. The number of non-ortho nitro benzene ring substituents is 1. The molecule has 0 aliphatic carbocycles. The first-order chi connectivity index (χ1) is 13.3. The third-order valence-corrected chi connectivity index (χ3v) is 4.78. The van der Waals surface area contributed by atoms with Crippen LogP contribution in [0.1, 0.15) is 5.56 Å². The van der Waals surface area contributed by atoms with Crippen LogP contribution in [0.4, 0.5) is 30.5 Å². The maximum absolute atomic E-state index is 12.9. The van der Waals surface area contributed by atoms with Gasteiger partial charge >= 0.3 is 6.18 Å². The van der Waals surface area contributed by atoms with Crippen molar-refractivity contribution in [3.63, 3.8) is 0 Å². The van der Waals surface area contributed by atoms with Gasteiger partial charge in [-0.1, -0.05) is 6.07 Å². The number of anilines is 2. The Balaban J connectivity index is 1.48. The maximum atomic E-state index is 12.9. The smallest absolute Gasteiger partial charge is 0.368 e. The quantitative estimate of drug-likeness (QED) is 0.543. The predicted octanol–water partition coefficient (Wildman–Crippen LogP) is 3.82. The van der Waals surface area contributed by atoms with Crippen LogP contribution < -0.4 is 9.80 Å². The molecule has 1 fully saturated rings. The number of fused-ring (bicyclic) bond motifs is 1. The molecule has 0 unspecified atom stereocenters. The molecular formula is C18H16F3N5O2. The van der Waals surface area contributed by atoms with Crippen LogP contribution in [0, 0.1) is 10.1 Å². The van der Waals surface area contributed by atoms with Crippen molar-refractivity contribution in [2.75, 3.05) is 36.0 Å².